The maximum Gasteiger partial charge on any atom is 0.0345 e. The lowest BCUT2D eigenvalue weighted by Gasteiger charge is -2.14. The number of aryl methyl sites for hydroxylation is 1. The van der Waals surface area contributed by atoms with Crippen molar-refractivity contribution in [2.75, 3.05) is 0 Å². The highest BCUT2D eigenvalue weighted by atomic mass is 32.1. The fourth-order valence-electron chi connectivity index (χ4n) is 2.09. The molecule has 2 aromatic rings. The maximum atomic E-state index is 6.07. The summed E-state index contributed by atoms with van der Waals surface area (Å²) in [6.45, 7) is 4.40. The second-order valence-electron chi connectivity index (χ2n) is 5.06. The third kappa shape index (κ3) is 3.08. The summed E-state index contributed by atoms with van der Waals surface area (Å²) in [7, 11) is 0. The molecule has 0 amide bonds. The molecule has 0 saturated carbocycles. The summed E-state index contributed by atoms with van der Waals surface area (Å²) in [5.74, 6) is 0.592. The average molecular weight is 247 g/mol. The van der Waals surface area contributed by atoms with Crippen molar-refractivity contribution in [2.24, 2.45) is 11.7 Å². The van der Waals surface area contributed by atoms with Gasteiger partial charge < -0.3 is 5.73 Å². The van der Waals surface area contributed by atoms with Crippen LogP contribution in [0.2, 0.25) is 0 Å². The first-order chi connectivity index (χ1) is 8.18. The summed E-state index contributed by atoms with van der Waals surface area (Å²) < 4.78 is 1.40. The summed E-state index contributed by atoms with van der Waals surface area (Å²) in [4.78, 5) is 0. The quantitative estimate of drug-likeness (QED) is 0.841. The van der Waals surface area contributed by atoms with E-state index in [1.807, 2.05) is 11.3 Å². The lowest BCUT2D eigenvalue weighted by atomic mass is 9.97. The molecule has 1 atom stereocenters. The molecule has 0 radical (unpaired) electrons. The molecule has 1 heterocycles. The molecular formula is C15H21NS. The Bertz CT molecular complexity index is 472. The summed E-state index contributed by atoms with van der Waals surface area (Å²) in [6.07, 6.45) is 3.48. The van der Waals surface area contributed by atoms with E-state index in [9.17, 15) is 0 Å². The van der Waals surface area contributed by atoms with Crippen LogP contribution in [-0.2, 0) is 6.42 Å². The zero-order valence-electron chi connectivity index (χ0n) is 10.6. The monoisotopic (exact) mass is 247 g/mol. The van der Waals surface area contributed by atoms with E-state index in [4.69, 9.17) is 5.73 Å². The van der Waals surface area contributed by atoms with Gasteiger partial charge in [0.15, 0.2) is 0 Å². The van der Waals surface area contributed by atoms with E-state index in [0.717, 1.165) is 12.8 Å². The minimum atomic E-state index is 0.347. The van der Waals surface area contributed by atoms with Crippen LogP contribution < -0.4 is 5.73 Å². The molecule has 17 heavy (non-hydrogen) atoms. The van der Waals surface area contributed by atoms with Gasteiger partial charge in [-0.2, -0.15) is 0 Å². The Kier molecular flexibility index (Phi) is 4.19. The molecule has 0 aliphatic carbocycles. The SMILES string of the molecule is CC(C)C(N)CCCc1csc2ccccc12. The van der Waals surface area contributed by atoms with Crippen LogP contribution in [-0.4, -0.2) is 6.04 Å². The van der Waals surface area contributed by atoms with Crippen LogP contribution in [0.3, 0.4) is 0 Å². The van der Waals surface area contributed by atoms with Gasteiger partial charge in [0.25, 0.3) is 0 Å². The Morgan fingerprint density at radius 2 is 2.00 bits per heavy atom. The fraction of sp³-hybridized carbons (Fsp3) is 0.467. The molecule has 1 aromatic heterocycles. The lowest BCUT2D eigenvalue weighted by molar-refractivity contribution is 0.452. The van der Waals surface area contributed by atoms with Gasteiger partial charge in [0, 0.05) is 10.7 Å². The van der Waals surface area contributed by atoms with Crippen molar-refractivity contribution in [1.82, 2.24) is 0 Å². The maximum absolute atomic E-state index is 6.07. The molecule has 92 valence electrons. The number of nitrogens with two attached hydrogens (primary N) is 1. The minimum Gasteiger partial charge on any atom is -0.327 e. The van der Waals surface area contributed by atoms with Gasteiger partial charge in [-0.3, -0.25) is 0 Å². The van der Waals surface area contributed by atoms with E-state index in [-0.39, 0.29) is 0 Å². The van der Waals surface area contributed by atoms with E-state index in [1.54, 1.807) is 0 Å². The van der Waals surface area contributed by atoms with Crippen molar-refractivity contribution >= 4 is 21.4 Å². The third-order valence-corrected chi connectivity index (χ3v) is 4.41. The van der Waals surface area contributed by atoms with E-state index in [0.29, 0.717) is 12.0 Å². The van der Waals surface area contributed by atoms with Crippen LogP contribution in [0.4, 0.5) is 0 Å². The van der Waals surface area contributed by atoms with Crippen molar-refractivity contribution in [2.45, 2.75) is 39.2 Å². The predicted molar refractivity (Wildman–Crippen MR) is 77.6 cm³/mol. The lowest BCUT2D eigenvalue weighted by Crippen LogP contribution is -2.26. The number of hydrogen-bond donors (Lipinski definition) is 1. The van der Waals surface area contributed by atoms with Crippen molar-refractivity contribution in [1.29, 1.82) is 0 Å². The van der Waals surface area contributed by atoms with Crippen LogP contribution in [0.1, 0.15) is 32.3 Å². The summed E-state index contributed by atoms with van der Waals surface area (Å²) in [5.41, 5.74) is 7.56. The number of benzene rings is 1. The van der Waals surface area contributed by atoms with Crippen LogP contribution >= 0.6 is 11.3 Å². The van der Waals surface area contributed by atoms with Gasteiger partial charge in [-0.1, -0.05) is 32.0 Å². The first kappa shape index (κ1) is 12.6. The van der Waals surface area contributed by atoms with Crippen molar-refractivity contribution in [3.8, 4) is 0 Å². The number of fused-ring (bicyclic) bond motifs is 1. The third-order valence-electron chi connectivity index (χ3n) is 3.40. The Labute approximate surface area is 108 Å². The predicted octanol–water partition coefficient (Wildman–Crippen LogP) is 4.21. The van der Waals surface area contributed by atoms with E-state index in [2.05, 4.69) is 43.5 Å². The molecule has 0 bridgehead atoms. The second kappa shape index (κ2) is 5.65. The van der Waals surface area contributed by atoms with Crippen LogP contribution in [0, 0.1) is 5.92 Å². The molecule has 1 unspecified atom stereocenters. The van der Waals surface area contributed by atoms with Crippen molar-refractivity contribution in [3.05, 3.63) is 35.2 Å². The van der Waals surface area contributed by atoms with Gasteiger partial charge in [-0.15, -0.1) is 11.3 Å². The van der Waals surface area contributed by atoms with Gasteiger partial charge in [0.2, 0.25) is 0 Å². The van der Waals surface area contributed by atoms with Gasteiger partial charge in [-0.05, 0) is 47.6 Å². The van der Waals surface area contributed by atoms with Crippen molar-refractivity contribution in [3.63, 3.8) is 0 Å². The first-order valence-corrected chi connectivity index (χ1v) is 7.27. The zero-order chi connectivity index (χ0) is 12.3. The van der Waals surface area contributed by atoms with Gasteiger partial charge in [0.05, 0.1) is 0 Å². The zero-order valence-corrected chi connectivity index (χ0v) is 11.5. The molecule has 0 saturated heterocycles. The average Bonchev–Trinajstić information content (AvgIpc) is 2.72. The van der Waals surface area contributed by atoms with Crippen LogP contribution in [0.25, 0.3) is 10.1 Å². The molecule has 0 aliphatic rings. The Hall–Kier alpha value is -0.860. The topological polar surface area (TPSA) is 26.0 Å². The summed E-state index contributed by atoms with van der Waals surface area (Å²) >= 11 is 1.85. The largest absolute Gasteiger partial charge is 0.327 e. The molecule has 2 rings (SSSR count). The normalized spacial score (nSPS) is 13.4. The Morgan fingerprint density at radius 1 is 1.24 bits per heavy atom. The first-order valence-electron chi connectivity index (χ1n) is 6.39. The summed E-state index contributed by atoms with van der Waals surface area (Å²) in [6, 6.07) is 9.00. The molecule has 1 aromatic carbocycles. The highest BCUT2D eigenvalue weighted by molar-refractivity contribution is 7.17. The molecule has 2 N–H and O–H groups in total. The highest BCUT2D eigenvalue weighted by Gasteiger charge is 2.08. The van der Waals surface area contributed by atoms with Gasteiger partial charge in [0.1, 0.15) is 0 Å². The molecular weight excluding hydrogens is 226 g/mol. The number of thiophene rings is 1. The van der Waals surface area contributed by atoms with Gasteiger partial charge in [-0.25, -0.2) is 0 Å². The highest BCUT2D eigenvalue weighted by Crippen LogP contribution is 2.27. The summed E-state index contributed by atoms with van der Waals surface area (Å²) in [5, 5.41) is 3.72. The standard InChI is InChI=1S/C15H21NS/c1-11(2)14(16)8-5-6-12-10-17-15-9-4-3-7-13(12)15/h3-4,7,9-11,14H,5-6,8,16H2,1-2H3. The van der Waals surface area contributed by atoms with E-state index < -0.39 is 0 Å². The van der Waals surface area contributed by atoms with Crippen molar-refractivity contribution < 1.29 is 0 Å². The van der Waals surface area contributed by atoms with Crippen LogP contribution in [0.5, 0.6) is 0 Å². The minimum absolute atomic E-state index is 0.347. The molecule has 2 heteroatoms. The number of rotatable bonds is 5. The molecule has 0 aliphatic heterocycles. The number of hydrogen-bond acceptors (Lipinski definition) is 2. The van der Waals surface area contributed by atoms with E-state index in [1.165, 1.54) is 22.1 Å². The molecule has 1 nitrogen and oxygen atoms in total. The second-order valence-corrected chi connectivity index (χ2v) is 5.97. The molecule has 0 spiro atoms. The molecule has 0 fully saturated rings. The fourth-order valence-corrected chi connectivity index (χ4v) is 3.09. The van der Waals surface area contributed by atoms with Crippen LogP contribution in [0.15, 0.2) is 29.6 Å². The Morgan fingerprint density at radius 3 is 2.76 bits per heavy atom. The smallest absolute Gasteiger partial charge is 0.0345 e. The van der Waals surface area contributed by atoms with E-state index >= 15 is 0 Å². The Balaban J connectivity index is 1.95. The van der Waals surface area contributed by atoms with Gasteiger partial charge >= 0.3 is 0 Å².